The number of carbonyl (C=O) groups excluding carboxylic acids is 1. The molecule has 1 amide bonds. The number of aliphatic hydroxyl groups excluding tert-OH is 3. The van der Waals surface area contributed by atoms with Crippen molar-refractivity contribution >= 4 is 16.0 Å². The number of rotatable bonds is 28. The third-order valence-corrected chi connectivity index (χ3v) is 8.61. The van der Waals surface area contributed by atoms with Crippen molar-refractivity contribution < 1.29 is 33.1 Å². The predicted octanol–water partition coefficient (Wildman–Crippen LogP) is 6.56. The molecule has 0 fully saturated rings. The van der Waals surface area contributed by atoms with E-state index in [0.717, 1.165) is 50.4 Å². The molecule has 0 bridgehead atoms. The summed E-state index contributed by atoms with van der Waals surface area (Å²) in [7, 11) is -4.49. The van der Waals surface area contributed by atoms with Crippen molar-refractivity contribution in [3.63, 3.8) is 0 Å². The highest BCUT2D eigenvalue weighted by Crippen LogP contribution is 2.16. The van der Waals surface area contributed by atoms with E-state index in [2.05, 4.69) is 33.0 Å². The molecule has 0 spiro atoms. The molecule has 9 heteroatoms. The molecule has 0 aromatic rings. The van der Waals surface area contributed by atoms with Gasteiger partial charge in [-0.15, -0.1) is 0 Å². The minimum absolute atomic E-state index is 0.122. The van der Waals surface area contributed by atoms with Gasteiger partial charge in [-0.25, -0.2) is 0 Å². The first-order valence-electron chi connectivity index (χ1n) is 16.6. The second-order valence-electron chi connectivity index (χ2n) is 13.1. The summed E-state index contributed by atoms with van der Waals surface area (Å²) in [6.45, 7) is 8.97. The Bertz CT molecular complexity index is 730. The smallest absolute Gasteiger partial charge is 0.266 e. The number of unbranched alkanes of at least 4 members (excludes halogenated alkanes) is 13. The van der Waals surface area contributed by atoms with E-state index in [4.69, 9.17) is 0 Å². The van der Waals surface area contributed by atoms with Crippen LogP contribution < -0.4 is 5.32 Å². The summed E-state index contributed by atoms with van der Waals surface area (Å²) < 4.78 is 32.3. The molecule has 0 aliphatic heterocycles. The van der Waals surface area contributed by atoms with Gasteiger partial charge in [-0.2, -0.15) is 8.42 Å². The van der Waals surface area contributed by atoms with Gasteiger partial charge < -0.3 is 20.6 Å². The lowest BCUT2D eigenvalue weighted by Gasteiger charge is -2.26. The molecule has 0 radical (unpaired) electrons. The number of amides is 1. The molecule has 0 aromatic heterocycles. The lowest BCUT2D eigenvalue weighted by atomic mass is 9.99. The van der Waals surface area contributed by atoms with Gasteiger partial charge in [0.1, 0.15) is 6.10 Å². The van der Waals surface area contributed by atoms with Crippen molar-refractivity contribution in [3.05, 3.63) is 0 Å². The minimum Gasteiger partial charge on any atom is -0.393 e. The van der Waals surface area contributed by atoms with Crippen molar-refractivity contribution in [2.45, 2.75) is 180 Å². The monoisotopic (exact) mass is 607 g/mol. The summed E-state index contributed by atoms with van der Waals surface area (Å²) in [5, 5.41) is 33.6. The molecule has 4 atom stereocenters. The van der Waals surface area contributed by atoms with Gasteiger partial charge in [0.2, 0.25) is 5.91 Å². The van der Waals surface area contributed by atoms with E-state index in [0.29, 0.717) is 12.8 Å². The highest BCUT2D eigenvalue weighted by Gasteiger charge is 2.29. The maximum absolute atomic E-state index is 12.5. The Morgan fingerprint density at radius 1 is 0.610 bits per heavy atom. The molecule has 41 heavy (non-hydrogen) atoms. The Balaban J connectivity index is 4.28. The quantitative estimate of drug-likeness (QED) is 0.0501. The number of hydrogen-bond donors (Lipinski definition) is 5. The lowest BCUT2D eigenvalue weighted by Crippen LogP contribution is -2.51. The average Bonchev–Trinajstić information content (AvgIpc) is 2.86. The molecule has 4 unspecified atom stereocenters. The summed E-state index contributed by atoms with van der Waals surface area (Å²) in [6, 6.07) is -1.32. The molecule has 0 aromatic carbocycles. The Morgan fingerprint density at radius 3 is 1.37 bits per heavy atom. The van der Waals surface area contributed by atoms with Crippen LogP contribution in [0.15, 0.2) is 0 Å². The molecule has 0 heterocycles. The van der Waals surface area contributed by atoms with Crippen LogP contribution in [-0.4, -0.2) is 64.3 Å². The van der Waals surface area contributed by atoms with Crippen molar-refractivity contribution in [2.75, 3.05) is 5.75 Å². The van der Waals surface area contributed by atoms with Crippen LogP contribution in [0.3, 0.4) is 0 Å². The molecule has 8 nitrogen and oxygen atoms in total. The van der Waals surface area contributed by atoms with E-state index in [-0.39, 0.29) is 12.8 Å². The van der Waals surface area contributed by atoms with E-state index >= 15 is 0 Å². The van der Waals surface area contributed by atoms with Crippen LogP contribution in [0.4, 0.5) is 0 Å². The third-order valence-electron chi connectivity index (χ3n) is 7.83. The molecular weight excluding hydrogens is 542 g/mol. The summed E-state index contributed by atoms with van der Waals surface area (Å²) >= 11 is 0. The lowest BCUT2D eigenvalue weighted by molar-refractivity contribution is -0.131. The molecule has 0 aliphatic carbocycles. The summed E-state index contributed by atoms with van der Waals surface area (Å²) in [6.07, 6.45) is 16.1. The van der Waals surface area contributed by atoms with E-state index in [1.807, 2.05) is 0 Å². The third kappa shape index (κ3) is 26.6. The first-order valence-corrected chi connectivity index (χ1v) is 18.2. The average molecular weight is 608 g/mol. The van der Waals surface area contributed by atoms with Gasteiger partial charge in [0.05, 0.1) is 24.0 Å². The Hall–Kier alpha value is -0.740. The number of aliphatic hydroxyl groups is 3. The van der Waals surface area contributed by atoms with Crippen LogP contribution in [0.5, 0.6) is 0 Å². The second-order valence-corrected chi connectivity index (χ2v) is 14.6. The maximum atomic E-state index is 12.5. The van der Waals surface area contributed by atoms with Crippen LogP contribution in [0, 0.1) is 11.8 Å². The van der Waals surface area contributed by atoms with Crippen LogP contribution in [0.25, 0.3) is 0 Å². The van der Waals surface area contributed by atoms with E-state index in [9.17, 15) is 33.1 Å². The fraction of sp³-hybridized carbons (Fsp3) is 0.969. The van der Waals surface area contributed by atoms with Crippen LogP contribution in [-0.2, 0) is 14.9 Å². The number of hydrogen-bond acceptors (Lipinski definition) is 6. The zero-order valence-corrected chi connectivity index (χ0v) is 27.6. The van der Waals surface area contributed by atoms with Gasteiger partial charge in [-0.3, -0.25) is 9.35 Å². The largest absolute Gasteiger partial charge is 0.393 e. The number of nitrogens with one attached hydrogen (secondary N) is 1. The van der Waals surface area contributed by atoms with Crippen LogP contribution in [0.1, 0.15) is 156 Å². The minimum atomic E-state index is -4.49. The molecule has 5 N–H and O–H groups in total. The molecule has 0 rings (SSSR count). The highest BCUT2D eigenvalue weighted by molar-refractivity contribution is 7.85. The van der Waals surface area contributed by atoms with Gasteiger partial charge in [-0.05, 0) is 24.7 Å². The molecule has 0 saturated heterocycles. The van der Waals surface area contributed by atoms with Gasteiger partial charge >= 0.3 is 0 Å². The molecule has 0 aliphatic rings. The van der Waals surface area contributed by atoms with E-state index in [1.165, 1.54) is 64.2 Å². The van der Waals surface area contributed by atoms with E-state index < -0.39 is 46.1 Å². The van der Waals surface area contributed by atoms with Crippen LogP contribution in [0.2, 0.25) is 0 Å². The standard InChI is InChI=1S/C32H65NO7S/c1-26(2)20-16-12-8-5-6-11-15-19-23-30(35)32(37)33-29(25-41(38,39)40)31(36)24-28(34)22-18-14-10-7-9-13-17-21-27(3)4/h26-31,34-36H,5-25H2,1-4H3,(H,33,37)(H,38,39,40). The summed E-state index contributed by atoms with van der Waals surface area (Å²) in [5.74, 6) is -0.143. The second kappa shape index (κ2) is 24.7. The molecule has 246 valence electrons. The van der Waals surface area contributed by atoms with Crippen LogP contribution >= 0.6 is 0 Å². The summed E-state index contributed by atoms with van der Waals surface area (Å²) in [4.78, 5) is 12.5. The molecule has 0 saturated carbocycles. The number of carbonyl (C=O) groups is 1. The SMILES string of the molecule is CC(C)CCCCCCCCCCC(O)C(=O)NC(CS(=O)(=O)O)C(O)CC(O)CCCCCCCCCC(C)C. The maximum Gasteiger partial charge on any atom is 0.266 e. The fourth-order valence-corrected chi connectivity index (χ4v) is 5.97. The Kier molecular flexibility index (Phi) is 24.2. The zero-order valence-electron chi connectivity index (χ0n) is 26.7. The first-order chi connectivity index (χ1) is 19.3. The molecular formula is C32H65NO7S. The van der Waals surface area contributed by atoms with Crippen molar-refractivity contribution in [1.82, 2.24) is 5.32 Å². The highest BCUT2D eigenvalue weighted by atomic mass is 32.2. The summed E-state index contributed by atoms with van der Waals surface area (Å²) in [5.41, 5.74) is 0. The van der Waals surface area contributed by atoms with Crippen molar-refractivity contribution in [3.8, 4) is 0 Å². The Labute approximate surface area is 252 Å². The van der Waals surface area contributed by atoms with Crippen molar-refractivity contribution in [2.24, 2.45) is 11.8 Å². The van der Waals surface area contributed by atoms with E-state index in [1.54, 1.807) is 0 Å². The van der Waals surface area contributed by atoms with Gasteiger partial charge in [-0.1, -0.05) is 137 Å². The van der Waals surface area contributed by atoms with Gasteiger partial charge in [0.25, 0.3) is 10.1 Å². The fourth-order valence-electron chi connectivity index (χ4n) is 5.21. The van der Waals surface area contributed by atoms with Gasteiger partial charge in [0.15, 0.2) is 0 Å². The van der Waals surface area contributed by atoms with Gasteiger partial charge in [0, 0.05) is 6.42 Å². The topological polar surface area (TPSA) is 144 Å². The normalized spacial score (nSPS) is 15.3. The first kappa shape index (κ1) is 40.3. The Morgan fingerprint density at radius 2 is 0.976 bits per heavy atom. The zero-order chi connectivity index (χ0) is 31.1. The van der Waals surface area contributed by atoms with Crippen molar-refractivity contribution in [1.29, 1.82) is 0 Å². The predicted molar refractivity (Wildman–Crippen MR) is 168 cm³/mol.